The number of rotatable bonds is 13. The maximum absolute atomic E-state index is 12.2. The molecule has 52 heavy (non-hydrogen) atoms. The maximum Gasteiger partial charge on any atom is 0.325 e. The first-order valence-electron chi connectivity index (χ1n) is 17.7. The van der Waals surface area contributed by atoms with E-state index < -0.39 is 18.3 Å². The molecule has 0 bridgehead atoms. The van der Waals surface area contributed by atoms with Crippen LogP contribution in [0.3, 0.4) is 0 Å². The highest BCUT2D eigenvalue weighted by atomic mass is 16.7. The molecule has 2 heterocycles. The fourth-order valence-corrected chi connectivity index (χ4v) is 6.75. The monoisotopic (exact) mass is 709 g/mol. The summed E-state index contributed by atoms with van der Waals surface area (Å²) in [4.78, 5) is 26.2. The summed E-state index contributed by atoms with van der Waals surface area (Å²) in [7, 11) is 3.33. The van der Waals surface area contributed by atoms with E-state index in [1.165, 1.54) is 11.1 Å². The van der Waals surface area contributed by atoms with Crippen LogP contribution in [0.2, 0.25) is 0 Å². The van der Waals surface area contributed by atoms with E-state index in [4.69, 9.17) is 23.7 Å². The lowest BCUT2D eigenvalue weighted by atomic mass is 9.96. The van der Waals surface area contributed by atoms with Crippen molar-refractivity contribution in [2.45, 2.75) is 58.0 Å². The third-order valence-electron chi connectivity index (χ3n) is 9.44. The molecular weight excluding hydrogens is 662 g/mol. The van der Waals surface area contributed by atoms with Crippen LogP contribution in [0.1, 0.15) is 59.1 Å². The van der Waals surface area contributed by atoms with Crippen LogP contribution in [0.15, 0.2) is 84.9 Å². The van der Waals surface area contributed by atoms with Gasteiger partial charge in [-0.2, -0.15) is 0 Å². The molecule has 1 saturated heterocycles. The average molecular weight is 710 g/mol. The van der Waals surface area contributed by atoms with Crippen molar-refractivity contribution in [3.63, 3.8) is 0 Å². The molecule has 11 nitrogen and oxygen atoms in total. The van der Waals surface area contributed by atoms with Crippen molar-refractivity contribution < 1.29 is 38.4 Å². The maximum atomic E-state index is 12.2. The number of hydrogen-bond acceptors (Lipinski definition) is 9. The van der Waals surface area contributed by atoms with E-state index in [9.17, 15) is 14.7 Å². The Kier molecular flexibility index (Phi) is 12.4. The number of esters is 1. The topological polar surface area (TPSA) is 128 Å². The van der Waals surface area contributed by atoms with E-state index >= 15 is 0 Å². The van der Waals surface area contributed by atoms with Crippen molar-refractivity contribution in [3.05, 3.63) is 118 Å². The van der Waals surface area contributed by atoms with Gasteiger partial charge in [-0.15, -0.1) is 0 Å². The quantitative estimate of drug-likeness (QED) is 0.147. The molecule has 4 aromatic carbocycles. The van der Waals surface area contributed by atoms with Crippen LogP contribution >= 0.6 is 0 Å². The summed E-state index contributed by atoms with van der Waals surface area (Å²) < 4.78 is 29.4. The Hall–Kier alpha value is -4.94. The molecule has 0 unspecified atom stereocenters. The molecule has 2 aliphatic heterocycles. The molecule has 0 radical (unpaired) electrons. The molecule has 1 fully saturated rings. The SMILES string of the molecule is CCOC(=O)CNC(=O)NCc1cccc(-c2cccc([C@H]3O[C@@H](CN4CCc5cc(OC)c(OC)cc5C4)C[C@@H](c4ccc(CO)cc4)O3)c2)c1. The molecule has 2 aliphatic rings. The zero-order chi connectivity index (χ0) is 36.5. The Morgan fingerprint density at radius 1 is 0.846 bits per heavy atom. The molecule has 11 heteroatoms. The van der Waals surface area contributed by atoms with Gasteiger partial charge in [0, 0.05) is 38.2 Å². The molecule has 3 N–H and O–H groups in total. The lowest BCUT2D eigenvalue weighted by Crippen LogP contribution is -2.41. The summed E-state index contributed by atoms with van der Waals surface area (Å²) in [6, 6.07) is 27.8. The van der Waals surface area contributed by atoms with Gasteiger partial charge in [0.25, 0.3) is 0 Å². The number of methoxy groups -OCH3 is 2. The van der Waals surface area contributed by atoms with Gasteiger partial charge >= 0.3 is 12.0 Å². The van der Waals surface area contributed by atoms with E-state index in [0.717, 1.165) is 70.9 Å². The summed E-state index contributed by atoms with van der Waals surface area (Å²) in [5, 5.41) is 14.9. The van der Waals surface area contributed by atoms with Crippen LogP contribution in [0.5, 0.6) is 11.5 Å². The zero-order valence-electron chi connectivity index (χ0n) is 29.9. The number of ether oxygens (including phenoxy) is 5. The number of nitrogens with one attached hydrogen (secondary N) is 2. The highest BCUT2D eigenvalue weighted by Crippen LogP contribution is 2.40. The molecule has 274 valence electrons. The highest BCUT2D eigenvalue weighted by Gasteiger charge is 2.34. The predicted octanol–water partition coefficient (Wildman–Crippen LogP) is 5.83. The van der Waals surface area contributed by atoms with E-state index in [1.807, 2.05) is 66.7 Å². The molecule has 4 aromatic rings. The molecule has 6 rings (SSSR count). The number of aliphatic hydroxyl groups excluding tert-OH is 1. The fraction of sp³-hybridized carbons (Fsp3) is 0.366. The Morgan fingerprint density at radius 2 is 1.58 bits per heavy atom. The van der Waals surface area contributed by atoms with Gasteiger partial charge in [0.2, 0.25) is 0 Å². The number of urea groups is 1. The van der Waals surface area contributed by atoms with Gasteiger partial charge in [-0.3, -0.25) is 9.69 Å². The van der Waals surface area contributed by atoms with Crippen LogP contribution in [-0.4, -0.2) is 68.6 Å². The van der Waals surface area contributed by atoms with Crippen molar-refractivity contribution in [1.82, 2.24) is 15.5 Å². The summed E-state index contributed by atoms with van der Waals surface area (Å²) in [5.41, 5.74) is 8.18. The van der Waals surface area contributed by atoms with Crippen LogP contribution in [0, 0.1) is 0 Å². The lowest BCUT2D eigenvalue weighted by Gasteiger charge is -2.39. The van der Waals surface area contributed by atoms with Gasteiger partial charge in [0.05, 0.1) is 39.6 Å². The minimum Gasteiger partial charge on any atom is -0.493 e. The average Bonchev–Trinajstić information content (AvgIpc) is 3.18. The van der Waals surface area contributed by atoms with E-state index in [-0.39, 0.29) is 38.5 Å². The van der Waals surface area contributed by atoms with Crippen molar-refractivity contribution >= 4 is 12.0 Å². The van der Waals surface area contributed by atoms with Crippen molar-refractivity contribution in [1.29, 1.82) is 0 Å². The van der Waals surface area contributed by atoms with E-state index in [0.29, 0.717) is 6.42 Å². The molecule has 0 aromatic heterocycles. The first kappa shape index (κ1) is 36.8. The molecule has 0 spiro atoms. The van der Waals surface area contributed by atoms with Crippen molar-refractivity contribution in [3.8, 4) is 22.6 Å². The fourth-order valence-electron chi connectivity index (χ4n) is 6.75. The first-order chi connectivity index (χ1) is 25.3. The molecule has 0 saturated carbocycles. The number of aliphatic hydroxyl groups is 1. The third-order valence-corrected chi connectivity index (χ3v) is 9.44. The highest BCUT2D eigenvalue weighted by molar-refractivity contribution is 5.80. The second kappa shape index (κ2) is 17.5. The number of carbonyl (C=O) groups excluding carboxylic acids is 2. The first-order valence-corrected chi connectivity index (χ1v) is 17.7. The molecule has 2 amide bonds. The summed E-state index contributed by atoms with van der Waals surface area (Å²) in [6.07, 6.45) is 0.688. The Labute approximate surface area is 304 Å². The molecule has 3 atom stereocenters. The van der Waals surface area contributed by atoms with E-state index in [2.05, 4.69) is 33.7 Å². The second-order valence-corrected chi connectivity index (χ2v) is 13.0. The minimum atomic E-state index is -0.601. The van der Waals surface area contributed by atoms with Gasteiger partial charge in [-0.1, -0.05) is 60.7 Å². The second-order valence-electron chi connectivity index (χ2n) is 13.0. The standard InChI is InChI=1S/C41H47N3O8/c1-4-50-39(46)23-43-41(47)42-22-28-7-5-8-30(17-28)31-9-6-10-33(18-31)40-51-35(21-36(52-40)29-13-11-27(26-45)12-14-29)25-44-16-15-32-19-37(48-2)38(49-3)20-34(32)24-44/h5-14,17-20,35-36,40,45H,4,15-16,21-26H2,1-3H3,(H2,42,43,47)/t35-,36+,40+/m1/s1. The van der Waals surface area contributed by atoms with Gasteiger partial charge in [0.15, 0.2) is 17.8 Å². The van der Waals surface area contributed by atoms with Gasteiger partial charge in [-0.05, 0) is 76.6 Å². The number of hydrogen-bond donors (Lipinski definition) is 3. The minimum absolute atomic E-state index is 0.0139. The normalized spacial score (nSPS) is 18.6. The van der Waals surface area contributed by atoms with Crippen molar-refractivity contribution in [2.75, 3.05) is 40.5 Å². The third kappa shape index (κ3) is 9.29. The molecule has 0 aliphatic carbocycles. The summed E-state index contributed by atoms with van der Waals surface area (Å²) in [5.74, 6) is 0.999. The molecular formula is C41H47N3O8. The number of amides is 2. The Bertz CT molecular complexity index is 1830. The summed E-state index contributed by atoms with van der Waals surface area (Å²) >= 11 is 0. The summed E-state index contributed by atoms with van der Waals surface area (Å²) in [6.45, 7) is 4.48. The number of benzene rings is 4. The number of fused-ring (bicyclic) bond motifs is 1. The van der Waals surface area contributed by atoms with Crippen molar-refractivity contribution in [2.24, 2.45) is 0 Å². The zero-order valence-corrected chi connectivity index (χ0v) is 29.9. The predicted molar refractivity (Wildman–Crippen MR) is 196 cm³/mol. The van der Waals surface area contributed by atoms with Crippen LogP contribution in [0.25, 0.3) is 11.1 Å². The largest absolute Gasteiger partial charge is 0.493 e. The van der Waals surface area contributed by atoms with Gasteiger partial charge in [-0.25, -0.2) is 4.79 Å². The number of nitrogens with zero attached hydrogens (tertiary/aromatic N) is 1. The Balaban J connectivity index is 1.17. The van der Waals surface area contributed by atoms with Crippen LogP contribution in [0.4, 0.5) is 4.79 Å². The van der Waals surface area contributed by atoms with Gasteiger partial charge in [0.1, 0.15) is 6.54 Å². The smallest absolute Gasteiger partial charge is 0.325 e. The van der Waals surface area contributed by atoms with Gasteiger partial charge < -0.3 is 39.4 Å². The van der Waals surface area contributed by atoms with E-state index in [1.54, 1.807) is 21.1 Å². The lowest BCUT2D eigenvalue weighted by molar-refractivity contribution is -0.253. The van der Waals surface area contributed by atoms with Crippen LogP contribution < -0.4 is 20.1 Å². The number of carbonyl (C=O) groups is 2. The Morgan fingerprint density at radius 3 is 2.31 bits per heavy atom. The van der Waals surface area contributed by atoms with Crippen LogP contribution in [-0.2, 0) is 45.1 Å².